The lowest BCUT2D eigenvalue weighted by atomic mass is 10.0. The van der Waals surface area contributed by atoms with E-state index in [1.165, 1.54) is 38.5 Å². The van der Waals surface area contributed by atoms with Crippen molar-refractivity contribution in [3.8, 4) is 11.5 Å². The highest BCUT2D eigenvalue weighted by Gasteiger charge is 2.22. The monoisotopic (exact) mass is 429 g/mol. The summed E-state index contributed by atoms with van der Waals surface area (Å²) in [6.45, 7) is 5.30. The summed E-state index contributed by atoms with van der Waals surface area (Å²) in [4.78, 5) is 36.2. The molecule has 0 spiro atoms. The number of ether oxygens (including phenoxy) is 3. The van der Waals surface area contributed by atoms with Crippen molar-refractivity contribution in [2.75, 3.05) is 14.2 Å². The van der Waals surface area contributed by atoms with Gasteiger partial charge in [0.1, 0.15) is 5.60 Å². The van der Waals surface area contributed by atoms with Crippen molar-refractivity contribution in [2.24, 2.45) is 0 Å². The third-order valence-corrected chi connectivity index (χ3v) is 4.28. The minimum absolute atomic E-state index is 0.281. The second-order valence-corrected chi connectivity index (χ2v) is 7.82. The van der Waals surface area contributed by atoms with Gasteiger partial charge >= 0.3 is 11.9 Å². The second kappa shape index (κ2) is 9.97. The second-order valence-electron chi connectivity index (χ2n) is 7.82. The average Bonchev–Trinajstić information content (AvgIpc) is 2.71. The Bertz CT molecular complexity index is 945. The zero-order chi connectivity index (χ0) is 23.2. The molecule has 1 atom stereocenters. The smallest absolute Gasteiger partial charge is 0.338 e. The molecule has 0 saturated carbocycles. The van der Waals surface area contributed by atoms with E-state index in [1.54, 1.807) is 39.0 Å². The number of carboxylic acids is 1. The summed E-state index contributed by atoms with van der Waals surface area (Å²) in [6.07, 6.45) is -0.322. The van der Waals surface area contributed by atoms with Crippen molar-refractivity contribution >= 4 is 17.8 Å². The Hall–Kier alpha value is -3.55. The van der Waals surface area contributed by atoms with E-state index < -0.39 is 29.5 Å². The van der Waals surface area contributed by atoms with Crippen LogP contribution >= 0.6 is 0 Å². The molecule has 0 bridgehead atoms. The topological polar surface area (TPSA) is 111 Å². The molecule has 0 saturated heterocycles. The van der Waals surface area contributed by atoms with Crippen molar-refractivity contribution in [3.05, 3.63) is 59.2 Å². The van der Waals surface area contributed by atoms with Crippen LogP contribution in [0.5, 0.6) is 11.5 Å². The molecule has 2 N–H and O–H groups in total. The van der Waals surface area contributed by atoms with Crippen molar-refractivity contribution in [3.63, 3.8) is 0 Å². The minimum atomic E-state index is -1.07. The normalized spacial score (nSPS) is 11.9. The molecule has 0 aromatic heterocycles. The molecule has 0 aliphatic carbocycles. The van der Waals surface area contributed by atoms with Gasteiger partial charge in [0, 0.05) is 5.56 Å². The standard InChI is InChI=1S/C23H27NO7/c1-23(2,3)31-22(28)15-8-6-14(7-9-15)21(27)24-17(13-20(25)26)16-10-11-18(29-4)19(12-16)30-5/h6-12,17H,13H2,1-5H3,(H,24,27)(H,25,26). The van der Waals surface area contributed by atoms with E-state index in [2.05, 4.69) is 5.32 Å². The Morgan fingerprint density at radius 1 is 0.935 bits per heavy atom. The summed E-state index contributed by atoms with van der Waals surface area (Å²) in [6, 6.07) is 10.1. The number of hydrogen-bond donors (Lipinski definition) is 2. The number of nitrogens with one attached hydrogen (secondary N) is 1. The van der Waals surface area contributed by atoms with Gasteiger partial charge in [-0.05, 0) is 62.7 Å². The fraction of sp³-hybridized carbons (Fsp3) is 0.348. The summed E-state index contributed by atoms with van der Waals surface area (Å²) in [7, 11) is 2.97. The maximum atomic E-state index is 12.7. The number of amides is 1. The molecular formula is C23H27NO7. The summed E-state index contributed by atoms with van der Waals surface area (Å²) < 4.78 is 15.8. The van der Waals surface area contributed by atoms with E-state index >= 15 is 0 Å². The van der Waals surface area contributed by atoms with Gasteiger partial charge in [0.15, 0.2) is 11.5 Å². The van der Waals surface area contributed by atoms with Gasteiger partial charge in [-0.25, -0.2) is 4.79 Å². The third kappa shape index (κ3) is 6.74. The minimum Gasteiger partial charge on any atom is -0.493 e. The van der Waals surface area contributed by atoms with Crippen LogP contribution in [0.2, 0.25) is 0 Å². The van der Waals surface area contributed by atoms with Crippen LogP contribution in [0, 0.1) is 0 Å². The molecule has 8 nitrogen and oxygen atoms in total. The van der Waals surface area contributed by atoms with Gasteiger partial charge in [0.25, 0.3) is 5.91 Å². The predicted molar refractivity (Wildman–Crippen MR) is 114 cm³/mol. The zero-order valence-corrected chi connectivity index (χ0v) is 18.2. The molecule has 31 heavy (non-hydrogen) atoms. The van der Waals surface area contributed by atoms with Crippen molar-refractivity contribution in [2.45, 2.75) is 38.8 Å². The zero-order valence-electron chi connectivity index (χ0n) is 18.2. The molecule has 2 rings (SSSR count). The van der Waals surface area contributed by atoms with Crippen LogP contribution in [0.4, 0.5) is 0 Å². The van der Waals surface area contributed by atoms with Gasteiger partial charge in [-0.15, -0.1) is 0 Å². The Morgan fingerprint density at radius 2 is 1.52 bits per heavy atom. The number of aliphatic carboxylic acids is 1. The number of benzene rings is 2. The highest BCUT2D eigenvalue weighted by molar-refractivity contribution is 5.96. The van der Waals surface area contributed by atoms with Crippen LogP contribution in [0.1, 0.15) is 59.5 Å². The molecule has 1 amide bonds. The molecular weight excluding hydrogens is 402 g/mol. The lowest BCUT2D eigenvalue weighted by Gasteiger charge is -2.20. The fourth-order valence-corrected chi connectivity index (χ4v) is 2.83. The quantitative estimate of drug-likeness (QED) is 0.617. The molecule has 2 aromatic carbocycles. The number of carbonyl (C=O) groups is 3. The number of hydrogen-bond acceptors (Lipinski definition) is 6. The predicted octanol–water partition coefficient (Wildman–Crippen LogP) is 3.60. The summed E-state index contributed by atoms with van der Waals surface area (Å²) in [5, 5.41) is 12.0. The first-order valence-electron chi connectivity index (χ1n) is 9.62. The van der Waals surface area contributed by atoms with E-state index in [-0.39, 0.29) is 12.0 Å². The van der Waals surface area contributed by atoms with Gasteiger partial charge in [0.2, 0.25) is 0 Å². The maximum Gasteiger partial charge on any atom is 0.338 e. The van der Waals surface area contributed by atoms with Crippen LogP contribution in [0.25, 0.3) is 0 Å². The highest BCUT2D eigenvalue weighted by atomic mass is 16.6. The van der Waals surface area contributed by atoms with Gasteiger partial charge < -0.3 is 24.6 Å². The summed E-state index contributed by atoms with van der Waals surface area (Å²) >= 11 is 0. The largest absolute Gasteiger partial charge is 0.493 e. The van der Waals surface area contributed by atoms with Gasteiger partial charge in [-0.2, -0.15) is 0 Å². The lowest BCUT2D eigenvalue weighted by molar-refractivity contribution is -0.137. The van der Waals surface area contributed by atoms with Crippen LogP contribution in [0.3, 0.4) is 0 Å². The van der Waals surface area contributed by atoms with E-state index in [4.69, 9.17) is 14.2 Å². The molecule has 1 unspecified atom stereocenters. The first-order chi connectivity index (χ1) is 14.5. The number of methoxy groups -OCH3 is 2. The highest BCUT2D eigenvalue weighted by Crippen LogP contribution is 2.31. The first-order valence-corrected chi connectivity index (χ1v) is 9.62. The Labute approximate surface area is 181 Å². The van der Waals surface area contributed by atoms with Crippen LogP contribution in [-0.4, -0.2) is 42.8 Å². The SMILES string of the molecule is COc1ccc(C(CC(=O)O)NC(=O)c2ccc(C(=O)OC(C)(C)C)cc2)cc1OC. The number of carbonyl (C=O) groups excluding carboxylic acids is 2. The maximum absolute atomic E-state index is 12.7. The molecule has 166 valence electrons. The van der Waals surface area contributed by atoms with E-state index in [0.717, 1.165) is 0 Å². The molecule has 8 heteroatoms. The molecule has 0 fully saturated rings. The molecule has 0 aliphatic rings. The van der Waals surface area contributed by atoms with Gasteiger partial charge in [-0.1, -0.05) is 6.07 Å². The Kier molecular flexibility index (Phi) is 7.63. The number of carboxylic acid groups (broad SMARTS) is 1. The third-order valence-electron chi connectivity index (χ3n) is 4.28. The Morgan fingerprint density at radius 3 is 2.03 bits per heavy atom. The Balaban J connectivity index is 2.21. The van der Waals surface area contributed by atoms with E-state index in [1.807, 2.05) is 0 Å². The van der Waals surface area contributed by atoms with Crippen molar-refractivity contribution < 1.29 is 33.7 Å². The summed E-state index contributed by atoms with van der Waals surface area (Å²) in [5.74, 6) is -1.12. The van der Waals surface area contributed by atoms with Crippen molar-refractivity contribution in [1.82, 2.24) is 5.32 Å². The summed E-state index contributed by atoms with van der Waals surface area (Å²) in [5.41, 5.74) is 0.520. The molecule has 0 radical (unpaired) electrons. The molecule has 2 aromatic rings. The van der Waals surface area contributed by atoms with Gasteiger partial charge in [0.05, 0.1) is 32.2 Å². The molecule has 0 aliphatic heterocycles. The fourth-order valence-electron chi connectivity index (χ4n) is 2.83. The van der Waals surface area contributed by atoms with E-state index in [9.17, 15) is 19.5 Å². The van der Waals surface area contributed by atoms with Crippen LogP contribution in [0.15, 0.2) is 42.5 Å². The average molecular weight is 429 g/mol. The van der Waals surface area contributed by atoms with Crippen LogP contribution in [-0.2, 0) is 9.53 Å². The van der Waals surface area contributed by atoms with E-state index in [0.29, 0.717) is 22.6 Å². The van der Waals surface area contributed by atoms with Crippen LogP contribution < -0.4 is 14.8 Å². The number of esters is 1. The molecule has 0 heterocycles. The number of rotatable bonds is 8. The lowest BCUT2D eigenvalue weighted by Crippen LogP contribution is -2.30. The van der Waals surface area contributed by atoms with Crippen molar-refractivity contribution in [1.29, 1.82) is 0 Å². The van der Waals surface area contributed by atoms with Gasteiger partial charge in [-0.3, -0.25) is 9.59 Å². The first kappa shape index (κ1) is 23.7.